The second kappa shape index (κ2) is 2.81. The average Bonchev–Trinajstić information content (AvgIpc) is 2.46. The number of aryl methyl sites for hydroxylation is 1. The second-order valence-corrected chi connectivity index (χ2v) is 3.51. The summed E-state index contributed by atoms with van der Waals surface area (Å²) in [6.45, 7) is 5.21. The molecule has 1 N–H and O–H groups in total. The van der Waals surface area contributed by atoms with Gasteiger partial charge in [-0.25, -0.2) is 0 Å². The van der Waals surface area contributed by atoms with Crippen molar-refractivity contribution >= 4 is 5.82 Å². The minimum atomic E-state index is 0.386. The van der Waals surface area contributed by atoms with Crippen LogP contribution in [0, 0.1) is 0 Å². The van der Waals surface area contributed by atoms with Gasteiger partial charge >= 0.3 is 0 Å². The molecular weight excluding hydrogens is 152 g/mol. The van der Waals surface area contributed by atoms with Crippen molar-refractivity contribution in [3.8, 4) is 0 Å². The number of hydrogen-bond acceptors (Lipinski definition) is 3. The first kappa shape index (κ1) is 7.65. The van der Waals surface area contributed by atoms with Crippen LogP contribution in [-0.4, -0.2) is 11.5 Å². The third-order valence-electron chi connectivity index (χ3n) is 2.08. The molecule has 0 aromatic carbocycles. The monoisotopic (exact) mass is 166 g/mol. The van der Waals surface area contributed by atoms with Crippen LogP contribution in [0.3, 0.4) is 0 Å². The number of oxazole rings is 1. The first-order valence-electron chi connectivity index (χ1n) is 4.51. The fraction of sp³-hybridized carbons (Fsp3) is 0.667. The topological polar surface area (TPSA) is 38.1 Å². The van der Waals surface area contributed by atoms with Crippen molar-refractivity contribution in [3.05, 3.63) is 11.7 Å². The zero-order valence-corrected chi connectivity index (χ0v) is 7.55. The Morgan fingerprint density at radius 3 is 3.00 bits per heavy atom. The van der Waals surface area contributed by atoms with Crippen molar-refractivity contribution in [2.75, 3.05) is 11.9 Å². The lowest BCUT2D eigenvalue weighted by atomic mass is 10.2. The highest BCUT2D eigenvalue weighted by atomic mass is 16.4. The highest BCUT2D eigenvalue weighted by Crippen LogP contribution is 2.25. The molecule has 0 atom stereocenters. The zero-order valence-electron chi connectivity index (χ0n) is 7.55. The van der Waals surface area contributed by atoms with Crippen molar-refractivity contribution in [2.45, 2.75) is 32.6 Å². The number of nitrogens with one attached hydrogen (secondary N) is 1. The Kier molecular flexibility index (Phi) is 1.79. The number of fused-ring (bicyclic) bond motifs is 1. The van der Waals surface area contributed by atoms with E-state index in [-0.39, 0.29) is 0 Å². The molecular formula is C9H14N2O. The normalized spacial score (nSPS) is 15.9. The lowest BCUT2D eigenvalue weighted by Crippen LogP contribution is -2.10. The molecule has 0 saturated carbocycles. The van der Waals surface area contributed by atoms with Gasteiger partial charge in [0, 0.05) is 18.9 Å². The predicted octanol–water partition coefficient (Wildman–Crippen LogP) is 2.16. The van der Waals surface area contributed by atoms with E-state index >= 15 is 0 Å². The summed E-state index contributed by atoms with van der Waals surface area (Å²) in [5, 5.41) is 3.23. The summed E-state index contributed by atoms with van der Waals surface area (Å²) >= 11 is 0. The number of rotatable bonds is 1. The van der Waals surface area contributed by atoms with Gasteiger partial charge in [0.25, 0.3) is 0 Å². The SMILES string of the molecule is CC(C)c1nc2c(o1)CCCN2. The first-order valence-corrected chi connectivity index (χ1v) is 4.51. The van der Waals surface area contributed by atoms with Crippen LogP contribution in [0.25, 0.3) is 0 Å². The Morgan fingerprint density at radius 1 is 1.50 bits per heavy atom. The molecule has 0 unspecified atom stereocenters. The number of hydrogen-bond donors (Lipinski definition) is 1. The molecule has 0 amide bonds. The number of aromatic nitrogens is 1. The molecule has 1 aromatic rings. The zero-order chi connectivity index (χ0) is 8.55. The molecule has 3 nitrogen and oxygen atoms in total. The minimum absolute atomic E-state index is 0.386. The molecule has 2 heterocycles. The summed E-state index contributed by atoms with van der Waals surface area (Å²) in [5.41, 5.74) is 0. The molecule has 0 spiro atoms. The van der Waals surface area contributed by atoms with Crippen molar-refractivity contribution in [1.29, 1.82) is 0 Å². The predicted molar refractivity (Wildman–Crippen MR) is 47.4 cm³/mol. The summed E-state index contributed by atoms with van der Waals surface area (Å²) in [6, 6.07) is 0. The summed E-state index contributed by atoms with van der Waals surface area (Å²) in [5.74, 6) is 3.24. The van der Waals surface area contributed by atoms with E-state index in [2.05, 4.69) is 24.1 Å². The van der Waals surface area contributed by atoms with E-state index in [0.29, 0.717) is 5.92 Å². The van der Waals surface area contributed by atoms with Gasteiger partial charge < -0.3 is 9.73 Å². The van der Waals surface area contributed by atoms with E-state index in [1.807, 2.05) is 0 Å². The van der Waals surface area contributed by atoms with Gasteiger partial charge in [-0.15, -0.1) is 0 Å². The molecule has 0 saturated heterocycles. The van der Waals surface area contributed by atoms with Gasteiger partial charge in [-0.2, -0.15) is 4.98 Å². The lowest BCUT2D eigenvalue weighted by Gasteiger charge is -2.08. The van der Waals surface area contributed by atoms with Crippen LogP contribution in [0.2, 0.25) is 0 Å². The van der Waals surface area contributed by atoms with Gasteiger partial charge in [0.05, 0.1) is 0 Å². The number of nitrogens with zero attached hydrogens (tertiary/aromatic N) is 1. The fourth-order valence-corrected chi connectivity index (χ4v) is 1.38. The largest absolute Gasteiger partial charge is 0.443 e. The van der Waals surface area contributed by atoms with Crippen LogP contribution >= 0.6 is 0 Å². The van der Waals surface area contributed by atoms with Gasteiger partial charge in [0.2, 0.25) is 0 Å². The summed E-state index contributed by atoms with van der Waals surface area (Å²) < 4.78 is 5.59. The van der Waals surface area contributed by atoms with Gasteiger partial charge in [-0.05, 0) is 6.42 Å². The van der Waals surface area contributed by atoms with E-state index in [4.69, 9.17) is 4.42 Å². The quantitative estimate of drug-likeness (QED) is 0.694. The fourth-order valence-electron chi connectivity index (χ4n) is 1.38. The van der Waals surface area contributed by atoms with E-state index in [1.54, 1.807) is 0 Å². The molecule has 1 aromatic heterocycles. The summed E-state index contributed by atoms with van der Waals surface area (Å²) in [7, 11) is 0. The minimum Gasteiger partial charge on any atom is -0.443 e. The van der Waals surface area contributed by atoms with Crippen LogP contribution in [0.15, 0.2) is 4.42 Å². The lowest BCUT2D eigenvalue weighted by molar-refractivity contribution is 0.432. The Labute approximate surface area is 72.2 Å². The molecule has 0 bridgehead atoms. The van der Waals surface area contributed by atoms with Crippen LogP contribution in [-0.2, 0) is 6.42 Å². The molecule has 1 aliphatic rings. The first-order chi connectivity index (χ1) is 5.77. The number of anilines is 1. The maximum Gasteiger partial charge on any atom is 0.199 e. The smallest absolute Gasteiger partial charge is 0.199 e. The third-order valence-corrected chi connectivity index (χ3v) is 2.08. The van der Waals surface area contributed by atoms with Crippen molar-refractivity contribution < 1.29 is 4.42 Å². The van der Waals surface area contributed by atoms with Gasteiger partial charge in [0.15, 0.2) is 11.7 Å². The summed E-state index contributed by atoms with van der Waals surface area (Å²) in [6.07, 6.45) is 2.18. The van der Waals surface area contributed by atoms with Crippen molar-refractivity contribution in [2.24, 2.45) is 0 Å². The highest BCUT2D eigenvalue weighted by molar-refractivity contribution is 5.41. The maximum atomic E-state index is 5.59. The average molecular weight is 166 g/mol. The molecule has 3 heteroatoms. The molecule has 1 aliphatic heterocycles. The Balaban J connectivity index is 2.32. The Bertz CT molecular complexity index is 255. The van der Waals surface area contributed by atoms with Crippen LogP contribution < -0.4 is 5.32 Å². The van der Waals surface area contributed by atoms with E-state index < -0.39 is 0 Å². The molecule has 0 fully saturated rings. The second-order valence-electron chi connectivity index (χ2n) is 3.51. The van der Waals surface area contributed by atoms with E-state index in [1.165, 1.54) is 0 Å². The highest BCUT2D eigenvalue weighted by Gasteiger charge is 2.17. The third kappa shape index (κ3) is 1.19. The van der Waals surface area contributed by atoms with Gasteiger partial charge in [0.1, 0.15) is 5.76 Å². The molecule has 66 valence electrons. The van der Waals surface area contributed by atoms with Gasteiger partial charge in [-0.1, -0.05) is 13.8 Å². The molecule has 0 radical (unpaired) electrons. The van der Waals surface area contributed by atoms with Crippen LogP contribution in [0.4, 0.5) is 5.82 Å². The van der Waals surface area contributed by atoms with Crippen LogP contribution in [0.5, 0.6) is 0 Å². The standard InChI is InChI=1S/C9H14N2O/c1-6(2)9-11-8-7(12-9)4-3-5-10-8/h6,10H,3-5H2,1-2H3. The molecule has 12 heavy (non-hydrogen) atoms. The Hall–Kier alpha value is -0.990. The molecule has 0 aliphatic carbocycles. The maximum absolute atomic E-state index is 5.59. The van der Waals surface area contributed by atoms with Crippen molar-refractivity contribution in [1.82, 2.24) is 4.98 Å². The van der Waals surface area contributed by atoms with Crippen molar-refractivity contribution in [3.63, 3.8) is 0 Å². The summed E-state index contributed by atoms with van der Waals surface area (Å²) in [4.78, 5) is 4.37. The van der Waals surface area contributed by atoms with E-state index in [0.717, 1.165) is 36.9 Å². The van der Waals surface area contributed by atoms with E-state index in [9.17, 15) is 0 Å². The molecule has 2 rings (SSSR count). The van der Waals surface area contributed by atoms with Gasteiger partial charge in [-0.3, -0.25) is 0 Å². The Morgan fingerprint density at radius 2 is 2.33 bits per heavy atom. The van der Waals surface area contributed by atoms with Crippen LogP contribution in [0.1, 0.15) is 37.8 Å².